The van der Waals surface area contributed by atoms with Crippen molar-refractivity contribution in [2.24, 2.45) is 0 Å². The number of carbonyl (C=O) groups is 4. The summed E-state index contributed by atoms with van der Waals surface area (Å²) in [4.78, 5) is 53.0. The van der Waals surface area contributed by atoms with Crippen molar-refractivity contribution in [1.82, 2.24) is 15.6 Å². The van der Waals surface area contributed by atoms with E-state index in [1.165, 1.54) is 31.5 Å². The quantitative estimate of drug-likeness (QED) is 0.324. The van der Waals surface area contributed by atoms with Crippen molar-refractivity contribution >= 4 is 34.9 Å². The maximum atomic E-state index is 12.8. The number of thioether (sulfide) groups is 1. The van der Waals surface area contributed by atoms with Crippen LogP contribution in [0.15, 0.2) is 31.0 Å². The van der Waals surface area contributed by atoms with Gasteiger partial charge < -0.3 is 24.8 Å². The maximum Gasteiger partial charge on any atom is 0.368 e. The SMILES string of the molecule is C=CCOC(=O)C(NC(=O)c1ccc(C(=O)OC)nc1)[C@@H]1C[C@H](SC(=O)OC(C)(C)C)CN1. The Morgan fingerprint density at radius 1 is 1.33 bits per heavy atom. The topological polar surface area (TPSA) is 133 Å². The van der Waals surface area contributed by atoms with Crippen LogP contribution in [0, 0.1) is 0 Å². The van der Waals surface area contributed by atoms with Gasteiger partial charge in [-0.25, -0.2) is 19.4 Å². The van der Waals surface area contributed by atoms with Crippen LogP contribution in [-0.2, 0) is 19.0 Å². The van der Waals surface area contributed by atoms with Crippen molar-refractivity contribution in [2.75, 3.05) is 20.3 Å². The van der Waals surface area contributed by atoms with Crippen LogP contribution in [0.25, 0.3) is 0 Å². The molecular weight excluding hydrogens is 450 g/mol. The predicted octanol–water partition coefficient (Wildman–Crippen LogP) is 2.09. The second kappa shape index (κ2) is 11.8. The van der Waals surface area contributed by atoms with E-state index in [1.807, 2.05) is 0 Å². The van der Waals surface area contributed by atoms with E-state index in [0.29, 0.717) is 13.0 Å². The highest BCUT2D eigenvalue weighted by Gasteiger charge is 2.38. The van der Waals surface area contributed by atoms with Gasteiger partial charge in [-0.15, -0.1) is 0 Å². The summed E-state index contributed by atoms with van der Waals surface area (Å²) in [6.45, 7) is 9.32. The van der Waals surface area contributed by atoms with Gasteiger partial charge in [0.1, 0.15) is 23.9 Å². The van der Waals surface area contributed by atoms with Crippen molar-refractivity contribution in [2.45, 2.75) is 50.1 Å². The molecule has 1 aromatic heterocycles. The van der Waals surface area contributed by atoms with Crippen molar-refractivity contribution in [3.63, 3.8) is 0 Å². The molecule has 3 atom stereocenters. The lowest BCUT2D eigenvalue weighted by Crippen LogP contribution is -2.53. The van der Waals surface area contributed by atoms with Crippen LogP contribution in [0.5, 0.6) is 0 Å². The Morgan fingerprint density at radius 2 is 2.06 bits per heavy atom. The minimum atomic E-state index is -1.01. The number of hydrogen-bond donors (Lipinski definition) is 2. The molecule has 180 valence electrons. The zero-order valence-electron chi connectivity index (χ0n) is 19.1. The van der Waals surface area contributed by atoms with E-state index in [9.17, 15) is 19.2 Å². The number of nitrogens with zero attached hydrogens (tertiary/aromatic N) is 1. The molecule has 33 heavy (non-hydrogen) atoms. The molecule has 0 bridgehead atoms. The van der Waals surface area contributed by atoms with Crippen LogP contribution in [0.2, 0.25) is 0 Å². The van der Waals surface area contributed by atoms with Gasteiger partial charge in [-0.05, 0) is 51.1 Å². The molecule has 2 N–H and O–H groups in total. The van der Waals surface area contributed by atoms with Gasteiger partial charge in [0.2, 0.25) is 0 Å². The zero-order valence-corrected chi connectivity index (χ0v) is 19.9. The highest BCUT2D eigenvalue weighted by molar-refractivity contribution is 8.13. The van der Waals surface area contributed by atoms with Gasteiger partial charge in [0, 0.05) is 24.0 Å². The van der Waals surface area contributed by atoms with Gasteiger partial charge in [-0.2, -0.15) is 0 Å². The first-order chi connectivity index (χ1) is 15.5. The Morgan fingerprint density at radius 3 is 2.64 bits per heavy atom. The Labute approximate surface area is 196 Å². The number of hydrogen-bond acceptors (Lipinski definition) is 10. The fourth-order valence-corrected chi connectivity index (χ4v) is 4.07. The van der Waals surface area contributed by atoms with E-state index in [-0.39, 0.29) is 23.1 Å². The van der Waals surface area contributed by atoms with E-state index in [0.717, 1.165) is 11.8 Å². The Kier molecular flexibility index (Phi) is 9.42. The van der Waals surface area contributed by atoms with Crippen LogP contribution < -0.4 is 10.6 Å². The normalized spacial score (nSPS) is 18.7. The minimum Gasteiger partial charge on any atom is -0.464 e. The number of esters is 2. The number of nitrogens with one attached hydrogen (secondary N) is 2. The third kappa shape index (κ3) is 8.17. The molecule has 1 aliphatic heterocycles. The highest BCUT2D eigenvalue weighted by atomic mass is 32.2. The molecule has 1 fully saturated rings. The molecule has 10 nitrogen and oxygen atoms in total. The summed E-state index contributed by atoms with van der Waals surface area (Å²) in [5.41, 5.74) is -0.393. The van der Waals surface area contributed by atoms with Crippen LogP contribution in [0.1, 0.15) is 48.0 Å². The number of aromatic nitrogens is 1. The summed E-state index contributed by atoms with van der Waals surface area (Å²) in [6.07, 6.45) is 3.07. The molecular formula is C22H29N3O7S. The average Bonchev–Trinajstić information content (AvgIpc) is 3.21. The number of amides is 1. The molecule has 0 aliphatic carbocycles. The van der Waals surface area contributed by atoms with E-state index in [2.05, 4.69) is 26.9 Å². The number of methoxy groups -OCH3 is 1. The van der Waals surface area contributed by atoms with Crippen LogP contribution in [0.4, 0.5) is 4.79 Å². The van der Waals surface area contributed by atoms with Crippen molar-refractivity contribution in [1.29, 1.82) is 0 Å². The average molecular weight is 480 g/mol. The minimum absolute atomic E-state index is 0.0105. The lowest BCUT2D eigenvalue weighted by atomic mass is 10.1. The lowest BCUT2D eigenvalue weighted by Gasteiger charge is -2.23. The van der Waals surface area contributed by atoms with Crippen molar-refractivity contribution in [3.8, 4) is 0 Å². The van der Waals surface area contributed by atoms with Gasteiger partial charge in [0.15, 0.2) is 0 Å². The van der Waals surface area contributed by atoms with E-state index in [1.54, 1.807) is 20.8 Å². The lowest BCUT2D eigenvalue weighted by molar-refractivity contribution is -0.145. The number of ether oxygens (including phenoxy) is 3. The molecule has 0 saturated carbocycles. The molecule has 0 spiro atoms. The fraction of sp³-hybridized carbons (Fsp3) is 0.500. The molecule has 1 saturated heterocycles. The summed E-state index contributed by atoms with van der Waals surface area (Å²) in [7, 11) is 1.23. The summed E-state index contributed by atoms with van der Waals surface area (Å²) in [5.74, 6) is -1.83. The smallest absolute Gasteiger partial charge is 0.368 e. The second-order valence-corrected chi connectivity index (χ2v) is 9.48. The Hall–Kier alpha value is -2.92. The van der Waals surface area contributed by atoms with E-state index < -0.39 is 40.8 Å². The summed E-state index contributed by atoms with van der Waals surface area (Å²) >= 11 is 1.05. The summed E-state index contributed by atoms with van der Waals surface area (Å²) < 4.78 is 15.1. The molecule has 1 unspecified atom stereocenters. The monoisotopic (exact) mass is 479 g/mol. The predicted molar refractivity (Wildman–Crippen MR) is 122 cm³/mol. The Balaban J connectivity index is 2.08. The number of carbonyl (C=O) groups excluding carboxylic acids is 4. The molecule has 1 aromatic rings. The maximum absolute atomic E-state index is 12.8. The molecule has 2 heterocycles. The van der Waals surface area contributed by atoms with Gasteiger partial charge in [0.05, 0.1) is 12.7 Å². The van der Waals surface area contributed by atoms with E-state index >= 15 is 0 Å². The molecule has 0 aromatic carbocycles. The van der Waals surface area contributed by atoms with Gasteiger partial charge in [-0.1, -0.05) is 12.7 Å². The third-order valence-corrected chi connectivity index (χ3v) is 5.45. The highest BCUT2D eigenvalue weighted by Crippen LogP contribution is 2.26. The Bertz CT molecular complexity index is 883. The van der Waals surface area contributed by atoms with E-state index in [4.69, 9.17) is 9.47 Å². The largest absolute Gasteiger partial charge is 0.464 e. The standard InChI is InChI=1S/C22H29N3O7S/c1-6-9-31-20(28)17(16-10-14(12-24-16)33-21(29)32-22(2,3)4)25-18(26)13-7-8-15(23-11-13)19(27)30-5/h6-8,11,14,16-17,24H,1,9-10,12H2,2-5H3,(H,25,26)/t14-,16-,17?/m0/s1. The molecule has 11 heteroatoms. The first kappa shape index (κ1) is 26.3. The summed E-state index contributed by atoms with van der Waals surface area (Å²) in [6, 6.07) is 1.28. The first-order valence-corrected chi connectivity index (χ1v) is 11.2. The van der Waals surface area contributed by atoms with Crippen LogP contribution in [-0.4, -0.2) is 71.3 Å². The zero-order chi connectivity index (χ0) is 24.6. The van der Waals surface area contributed by atoms with Gasteiger partial charge >= 0.3 is 17.2 Å². The number of rotatable bonds is 8. The second-order valence-electron chi connectivity index (χ2n) is 8.25. The third-order valence-electron chi connectivity index (χ3n) is 4.48. The summed E-state index contributed by atoms with van der Waals surface area (Å²) in [5, 5.41) is 5.30. The molecule has 1 amide bonds. The van der Waals surface area contributed by atoms with Crippen molar-refractivity contribution in [3.05, 3.63) is 42.2 Å². The molecule has 0 radical (unpaired) electrons. The number of pyridine rings is 1. The van der Waals surface area contributed by atoms with Crippen LogP contribution in [0.3, 0.4) is 0 Å². The molecule has 1 aliphatic rings. The van der Waals surface area contributed by atoms with Crippen LogP contribution >= 0.6 is 11.8 Å². The van der Waals surface area contributed by atoms with Gasteiger partial charge in [0.25, 0.3) is 5.91 Å². The first-order valence-electron chi connectivity index (χ1n) is 10.3. The molecule has 2 rings (SSSR count). The van der Waals surface area contributed by atoms with Gasteiger partial charge in [-0.3, -0.25) is 4.79 Å². The van der Waals surface area contributed by atoms with Crippen molar-refractivity contribution < 1.29 is 33.4 Å². The fourth-order valence-electron chi connectivity index (χ4n) is 3.02.